The van der Waals surface area contributed by atoms with Gasteiger partial charge >= 0.3 is 5.97 Å². The second-order valence-corrected chi connectivity index (χ2v) is 4.29. The van der Waals surface area contributed by atoms with Crippen molar-refractivity contribution < 1.29 is 19.8 Å². The van der Waals surface area contributed by atoms with E-state index in [-0.39, 0.29) is 0 Å². The topological polar surface area (TPSA) is 86.6 Å². The van der Waals surface area contributed by atoms with Gasteiger partial charge < -0.3 is 15.5 Å². The minimum absolute atomic E-state index is 0.577. The van der Waals surface area contributed by atoms with E-state index < -0.39 is 24.5 Å². The standard InChI is InChI=1S/C12H12BrNO4/c13-9-4-2-1-3-8(9)5-6-11(16)14-10(7-15)12(17)18/h1-6,10,15H,7H2,(H,14,16)(H,17,18)/b6-5+/t10-/m1/s1. The normalized spacial score (nSPS) is 12.3. The van der Waals surface area contributed by atoms with Crippen LogP contribution < -0.4 is 5.32 Å². The number of hydrogen-bond donors (Lipinski definition) is 3. The number of carboxylic acid groups (broad SMARTS) is 1. The van der Waals surface area contributed by atoms with Crippen LogP contribution in [0, 0.1) is 0 Å². The van der Waals surface area contributed by atoms with Gasteiger partial charge in [-0.05, 0) is 17.7 Å². The van der Waals surface area contributed by atoms with Crippen molar-refractivity contribution in [2.24, 2.45) is 0 Å². The molecule has 1 aromatic rings. The molecule has 3 N–H and O–H groups in total. The van der Waals surface area contributed by atoms with Gasteiger partial charge in [0.15, 0.2) is 6.04 Å². The first kappa shape index (κ1) is 14.4. The number of amides is 1. The highest BCUT2D eigenvalue weighted by molar-refractivity contribution is 9.10. The van der Waals surface area contributed by atoms with E-state index in [1.165, 1.54) is 6.08 Å². The predicted molar refractivity (Wildman–Crippen MR) is 69.8 cm³/mol. The van der Waals surface area contributed by atoms with Gasteiger partial charge in [-0.15, -0.1) is 0 Å². The highest BCUT2D eigenvalue weighted by atomic mass is 79.9. The molecule has 1 amide bonds. The van der Waals surface area contributed by atoms with Crippen LogP contribution in [0.2, 0.25) is 0 Å². The number of carbonyl (C=O) groups excluding carboxylic acids is 1. The van der Waals surface area contributed by atoms with Gasteiger partial charge in [-0.3, -0.25) is 4.79 Å². The van der Waals surface area contributed by atoms with Crippen LogP contribution in [0.5, 0.6) is 0 Å². The summed E-state index contributed by atoms with van der Waals surface area (Å²) in [6, 6.07) is 5.99. The lowest BCUT2D eigenvalue weighted by atomic mass is 10.2. The number of carboxylic acids is 1. The molecule has 0 fully saturated rings. The van der Waals surface area contributed by atoms with Crippen molar-refractivity contribution in [3.8, 4) is 0 Å². The van der Waals surface area contributed by atoms with Gasteiger partial charge in [0.2, 0.25) is 5.91 Å². The molecule has 5 nitrogen and oxygen atoms in total. The summed E-state index contributed by atoms with van der Waals surface area (Å²) in [4.78, 5) is 22.0. The molecule has 0 saturated heterocycles. The molecule has 0 aliphatic heterocycles. The Morgan fingerprint density at radius 1 is 1.39 bits per heavy atom. The quantitative estimate of drug-likeness (QED) is 0.708. The van der Waals surface area contributed by atoms with Crippen LogP contribution in [0.25, 0.3) is 6.08 Å². The Bertz CT molecular complexity index is 473. The molecule has 1 atom stereocenters. The maximum absolute atomic E-state index is 11.4. The van der Waals surface area contributed by atoms with E-state index in [1.807, 2.05) is 18.2 Å². The number of hydrogen-bond acceptors (Lipinski definition) is 3. The fraction of sp³-hybridized carbons (Fsp3) is 0.167. The molecule has 0 heterocycles. The Labute approximate surface area is 112 Å². The van der Waals surface area contributed by atoms with Crippen molar-refractivity contribution in [1.29, 1.82) is 0 Å². The van der Waals surface area contributed by atoms with Crippen molar-refractivity contribution in [3.63, 3.8) is 0 Å². The average molecular weight is 314 g/mol. The first-order valence-corrected chi connectivity index (χ1v) is 5.90. The molecular formula is C12H12BrNO4. The highest BCUT2D eigenvalue weighted by Crippen LogP contribution is 2.16. The van der Waals surface area contributed by atoms with Crippen LogP contribution in [0.15, 0.2) is 34.8 Å². The molecule has 18 heavy (non-hydrogen) atoms. The van der Waals surface area contributed by atoms with E-state index in [0.717, 1.165) is 10.0 Å². The Morgan fingerprint density at radius 3 is 2.61 bits per heavy atom. The van der Waals surface area contributed by atoms with Gasteiger partial charge in [0.1, 0.15) is 0 Å². The maximum atomic E-state index is 11.4. The molecule has 0 unspecified atom stereocenters. The zero-order chi connectivity index (χ0) is 13.5. The number of nitrogens with one attached hydrogen (secondary N) is 1. The molecule has 0 saturated carbocycles. The SMILES string of the molecule is O=C(/C=C/c1ccccc1Br)N[C@H](CO)C(=O)O. The van der Waals surface area contributed by atoms with Gasteiger partial charge in [0, 0.05) is 10.5 Å². The molecule has 0 radical (unpaired) electrons. The lowest BCUT2D eigenvalue weighted by molar-refractivity contribution is -0.142. The van der Waals surface area contributed by atoms with Crippen molar-refractivity contribution in [1.82, 2.24) is 5.32 Å². The Morgan fingerprint density at radius 2 is 2.06 bits per heavy atom. The third-order valence-electron chi connectivity index (χ3n) is 2.12. The second-order valence-electron chi connectivity index (χ2n) is 3.44. The van der Waals surface area contributed by atoms with Crippen LogP contribution in [-0.4, -0.2) is 34.7 Å². The molecule has 0 aromatic heterocycles. The minimum Gasteiger partial charge on any atom is -0.480 e. The zero-order valence-electron chi connectivity index (χ0n) is 9.34. The third kappa shape index (κ3) is 4.31. The van der Waals surface area contributed by atoms with Gasteiger partial charge in [0.25, 0.3) is 0 Å². The largest absolute Gasteiger partial charge is 0.480 e. The molecule has 6 heteroatoms. The zero-order valence-corrected chi connectivity index (χ0v) is 10.9. The average Bonchev–Trinajstić information content (AvgIpc) is 2.34. The van der Waals surface area contributed by atoms with E-state index in [2.05, 4.69) is 21.2 Å². The number of aliphatic carboxylic acids is 1. The predicted octanol–water partition coefficient (Wildman–Crippen LogP) is 1.02. The van der Waals surface area contributed by atoms with Crippen LogP contribution in [-0.2, 0) is 9.59 Å². The Balaban J connectivity index is 2.65. The number of benzene rings is 1. The van der Waals surface area contributed by atoms with Gasteiger partial charge in [-0.25, -0.2) is 4.79 Å². The van der Waals surface area contributed by atoms with Gasteiger partial charge in [-0.2, -0.15) is 0 Å². The number of aliphatic hydroxyl groups excluding tert-OH is 1. The van der Waals surface area contributed by atoms with E-state index in [0.29, 0.717) is 0 Å². The smallest absolute Gasteiger partial charge is 0.328 e. The fourth-order valence-electron chi connectivity index (χ4n) is 1.18. The third-order valence-corrected chi connectivity index (χ3v) is 2.84. The maximum Gasteiger partial charge on any atom is 0.328 e. The molecule has 0 bridgehead atoms. The van der Waals surface area contributed by atoms with Gasteiger partial charge in [-0.1, -0.05) is 34.1 Å². The monoisotopic (exact) mass is 313 g/mol. The van der Waals surface area contributed by atoms with Crippen molar-refractivity contribution in [3.05, 3.63) is 40.4 Å². The fourth-order valence-corrected chi connectivity index (χ4v) is 1.60. The molecule has 0 spiro atoms. The van der Waals surface area contributed by atoms with Crippen molar-refractivity contribution >= 4 is 33.9 Å². The minimum atomic E-state index is -1.29. The van der Waals surface area contributed by atoms with Gasteiger partial charge in [0.05, 0.1) is 6.61 Å². The van der Waals surface area contributed by atoms with E-state index in [9.17, 15) is 9.59 Å². The summed E-state index contributed by atoms with van der Waals surface area (Å²) in [6.45, 7) is -0.649. The summed E-state index contributed by atoms with van der Waals surface area (Å²) in [7, 11) is 0. The van der Waals surface area contributed by atoms with E-state index in [4.69, 9.17) is 10.2 Å². The summed E-state index contributed by atoms with van der Waals surface area (Å²) in [5.74, 6) is -1.85. The summed E-state index contributed by atoms with van der Waals surface area (Å²) in [5, 5.41) is 19.6. The summed E-state index contributed by atoms with van der Waals surface area (Å²) >= 11 is 3.32. The van der Waals surface area contributed by atoms with Crippen LogP contribution in [0.3, 0.4) is 0 Å². The number of aliphatic hydroxyl groups is 1. The van der Waals surface area contributed by atoms with Crippen molar-refractivity contribution in [2.45, 2.75) is 6.04 Å². The Kier molecular flexibility index (Phi) is 5.54. The number of rotatable bonds is 5. The lowest BCUT2D eigenvalue weighted by Crippen LogP contribution is -2.42. The first-order chi connectivity index (χ1) is 8.54. The number of halogens is 1. The molecule has 0 aliphatic carbocycles. The van der Waals surface area contributed by atoms with Crippen LogP contribution in [0.4, 0.5) is 0 Å². The molecule has 1 aromatic carbocycles. The summed E-state index contributed by atoms with van der Waals surface area (Å²) in [5.41, 5.74) is 0.795. The highest BCUT2D eigenvalue weighted by Gasteiger charge is 2.16. The van der Waals surface area contributed by atoms with Crippen LogP contribution >= 0.6 is 15.9 Å². The second kappa shape index (κ2) is 6.93. The van der Waals surface area contributed by atoms with Crippen molar-refractivity contribution in [2.75, 3.05) is 6.61 Å². The summed E-state index contributed by atoms with van der Waals surface area (Å²) in [6.07, 6.45) is 2.77. The Hall–Kier alpha value is -1.66. The molecule has 0 aliphatic rings. The molecule has 96 valence electrons. The van der Waals surface area contributed by atoms with E-state index >= 15 is 0 Å². The summed E-state index contributed by atoms with van der Waals surface area (Å²) < 4.78 is 0.825. The molecule has 1 rings (SSSR count). The number of carbonyl (C=O) groups is 2. The van der Waals surface area contributed by atoms with Crippen LogP contribution in [0.1, 0.15) is 5.56 Å². The molecular weight excluding hydrogens is 302 g/mol. The first-order valence-electron chi connectivity index (χ1n) is 5.11. The lowest BCUT2D eigenvalue weighted by Gasteiger charge is -2.09. The van der Waals surface area contributed by atoms with E-state index in [1.54, 1.807) is 12.1 Å².